The van der Waals surface area contributed by atoms with Gasteiger partial charge in [0.05, 0.1) is 6.54 Å². The molecule has 1 aliphatic carbocycles. The molecule has 4 fully saturated rings. The van der Waals surface area contributed by atoms with Crippen LogP contribution in [0.1, 0.15) is 39.5 Å². The van der Waals surface area contributed by atoms with Crippen molar-refractivity contribution in [1.29, 1.82) is 0 Å². The first-order valence-electron chi connectivity index (χ1n) is 7.95. The number of aliphatic imine (C=N–C) groups is 2. The average molecular weight is 259 g/mol. The van der Waals surface area contributed by atoms with Gasteiger partial charge in [0.1, 0.15) is 5.84 Å². The molecule has 0 radical (unpaired) electrons. The Morgan fingerprint density at radius 3 is 2.47 bits per heavy atom. The highest BCUT2D eigenvalue weighted by atomic mass is 15.2. The number of rotatable bonds is 2. The summed E-state index contributed by atoms with van der Waals surface area (Å²) in [6, 6.07) is 0. The molecule has 104 valence electrons. The highest BCUT2D eigenvalue weighted by Crippen LogP contribution is 2.40. The summed E-state index contributed by atoms with van der Waals surface area (Å²) in [6.07, 6.45) is 5.26. The van der Waals surface area contributed by atoms with E-state index >= 15 is 0 Å². The van der Waals surface area contributed by atoms with E-state index < -0.39 is 0 Å². The summed E-state index contributed by atoms with van der Waals surface area (Å²) in [4.78, 5) is 12.3. The van der Waals surface area contributed by atoms with E-state index in [1.54, 1.807) is 0 Å². The molecule has 0 amide bonds. The Balaban J connectivity index is 1.42. The Labute approximate surface area is 116 Å². The Morgan fingerprint density at radius 2 is 1.84 bits per heavy atom. The van der Waals surface area contributed by atoms with Crippen LogP contribution in [0.5, 0.6) is 0 Å². The van der Waals surface area contributed by atoms with Crippen molar-refractivity contribution >= 4 is 11.5 Å². The molecule has 5 aliphatic rings. The standard InChI is InChI=1S/C16H25N3/c1-16(2)5-3-11(4-6-16)15-17-7-14(18-15)13-10-19-8-12(13)9-19/h11-13H,3-10H2,1-2H3. The predicted molar refractivity (Wildman–Crippen MR) is 78.9 cm³/mol. The Morgan fingerprint density at radius 1 is 1.11 bits per heavy atom. The fourth-order valence-corrected chi connectivity index (χ4v) is 4.28. The van der Waals surface area contributed by atoms with E-state index in [4.69, 9.17) is 9.98 Å². The number of hydrogen-bond acceptors (Lipinski definition) is 3. The molecule has 0 aromatic carbocycles. The zero-order valence-electron chi connectivity index (χ0n) is 12.2. The zero-order valence-corrected chi connectivity index (χ0v) is 12.2. The van der Waals surface area contributed by atoms with Crippen LogP contribution in [0.2, 0.25) is 0 Å². The quantitative estimate of drug-likeness (QED) is 0.749. The molecule has 4 heterocycles. The van der Waals surface area contributed by atoms with E-state index in [1.807, 2.05) is 0 Å². The molecule has 1 unspecified atom stereocenters. The maximum absolute atomic E-state index is 4.96. The highest BCUT2D eigenvalue weighted by Gasteiger charge is 2.45. The Hall–Kier alpha value is -0.700. The first-order valence-corrected chi connectivity index (χ1v) is 7.95. The van der Waals surface area contributed by atoms with Crippen molar-refractivity contribution < 1.29 is 0 Å². The number of hydrogen-bond donors (Lipinski definition) is 0. The third-order valence-electron chi connectivity index (χ3n) is 5.80. The lowest BCUT2D eigenvalue weighted by Gasteiger charge is -2.33. The van der Waals surface area contributed by atoms with Crippen molar-refractivity contribution in [1.82, 2.24) is 4.90 Å². The van der Waals surface area contributed by atoms with E-state index in [-0.39, 0.29) is 0 Å². The van der Waals surface area contributed by atoms with Crippen molar-refractivity contribution in [2.45, 2.75) is 39.5 Å². The molecule has 1 atom stereocenters. The van der Waals surface area contributed by atoms with Gasteiger partial charge in [0.2, 0.25) is 0 Å². The van der Waals surface area contributed by atoms with Crippen LogP contribution in [0.15, 0.2) is 9.98 Å². The van der Waals surface area contributed by atoms with Crippen molar-refractivity contribution in [3.63, 3.8) is 0 Å². The van der Waals surface area contributed by atoms with Gasteiger partial charge >= 0.3 is 0 Å². The normalized spacial score (nSPS) is 40.8. The van der Waals surface area contributed by atoms with Crippen molar-refractivity contribution in [3.8, 4) is 0 Å². The van der Waals surface area contributed by atoms with Gasteiger partial charge in [-0.2, -0.15) is 0 Å². The van der Waals surface area contributed by atoms with Crippen LogP contribution in [0.25, 0.3) is 0 Å². The molecule has 5 rings (SSSR count). The van der Waals surface area contributed by atoms with Gasteiger partial charge in [0.25, 0.3) is 0 Å². The van der Waals surface area contributed by atoms with Crippen LogP contribution in [0, 0.1) is 23.2 Å². The Kier molecular flexibility index (Phi) is 2.63. The van der Waals surface area contributed by atoms with Gasteiger partial charge in [-0.3, -0.25) is 4.99 Å². The summed E-state index contributed by atoms with van der Waals surface area (Å²) >= 11 is 0. The van der Waals surface area contributed by atoms with Crippen LogP contribution < -0.4 is 0 Å². The molecule has 0 aromatic heterocycles. The molecule has 3 saturated heterocycles. The van der Waals surface area contributed by atoms with Crippen molar-refractivity contribution in [3.05, 3.63) is 0 Å². The van der Waals surface area contributed by atoms with Gasteiger partial charge in [-0.25, -0.2) is 4.99 Å². The summed E-state index contributed by atoms with van der Waals surface area (Å²) < 4.78 is 0. The minimum absolute atomic E-state index is 0.544. The van der Waals surface area contributed by atoms with E-state index in [9.17, 15) is 0 Å². The SMILES string of the molecule is CC1(C)CCC(C2=NCC(C3CN4CC3C4)=N2)CC1. The molecule has 3 heteroatoms. The molecular weight excluding hydrogens is 234 g/mol. The number of fused-ring (bicyclic) bond motifs is 1. The first-order chi connectivity index (χ1) is 9.11. The van der Waals surface area contributed by atoms with E-state index in [0.717, 1.165) is 18.4 Å². The first kappa shape index (κ1) is 12.1. The number of amidine groups is 1. The zero-order chi connectivity index (χ0) is 13.0. The Bertz CT molecular complexity index is 433. The highest BCUT2D eigenvalue weighted by molar-refractivity contribution is 6.06. The summed E-state index contributed by atoms with van der Waals surface area (Å²) in [6.45, 7) is 9.59. The molecule has 19 heavy (non-hydrogen) atoms. The summed E-state index contributed by atoms with van der Waals surface area (Å²) in [5.74, 6) is 3.49. The summed E-state index contributed by atoms with van der Waals surface area (Å²) in [5, 5.41) is 0. The summed E-state index contributed by atoms with van der Waals surface area (Å²) in [7, 11) is 0. The second-order valence-corrected chi connectivity index (χ2v) is 7.80. The molecule has 0 aromatic rings. The van der Waals surface area contributed by atoms with Gasteiger partial charge in [-0.05, 0) is 37.0 Å². The van der Waals surface area contributed by atoms with Crippen LogP contribution >= 0.6 is 0 Å². The van der Waals surface area contributed by atoms with Crippen LogP contribution in [-0.2, 0) is 0 Å². The third kappa shape index (κ3) is 2.06. The molecule has 0 N–H and O–H groups in total. The van der Waals surface area contributed by atoms with Crippen molar-refractivity contribution in [2.24, 2.45) is 33.2 Å². The van der Waals surface area contributed by atoms with Crippen LogP contribution in [0.3, 0.4) is 0 Å². The minimum atomic E-state index is 0.544. The lowest BCUT2D eigenvalue weighted by molar-refractivity contribution is 0.208. The monoisotopic (exact) mass is 259 g/mol. The fourth-order valence-electron chi connectivity index (χ4n) is 4.28. The molecule has 2 bridgehead atoms. The minimum Gasteiger partial charge on any atom is -0.302 e. The lowest BCUT2D eigenvalue weighted by Crippen LogP contribution is -2.37. The van der Waals surface area contributed by atoms with Gasteiger partial charge < -0.3 is 4.90 Å². The van der Waals surface area contributed by atoms with E-state index in [2.05, 4.69) is 18.7 Å². The van der Waals surface area contributed by atoms with Crippen LogP contribution in [0.4, 0.5) is 0 Å². The maximum atomic E-state index is 4.96. The molecular formula is C16H25N3. The maximum Gasteiger partial charge on any atom is 0.126 e. The smallest absolute Gasteiger partial charge is 0.126 e. The fraction of sp³-hybridized carbons (Fsp3) is 0.875. The lowest BCUT2D eigenvalue weighted by atomic mass is 9.73. The van der Waals surface area contributed by atoms with Crippen LogP contribution in [-0.4, -0.2) is 42.6 Å². The number of nitrogens with zero attached hydrogens (tertiary/aromatic N) is 3. The topological polar surface area (TPSA) is 28.0 Å². The van der Waals surface area contributed by atoms with E-state index in [0.29, 0.717) is 11.3 Å². The second-order valence-electron chi connectivity index (χ2n) is 7.80. The molecule has 4 aliphatic heterocycles. The summed E-state index contributed by atoms with van der Waals surface area (Å²) in [5.41, 5.74) is 1.95. The third-order valence-corrected chi connectivity index (χ3v) is 5.80. The molecule has 1 saturated carbocycles. The molecule has 3 nitrogen and oxygen atoms in total. The van der Waals surface area contributed by atoms with E-state index in [1.165, 1.54) is 56.9 Å². The average Bonchev–Trinajstić information content (AvgIpc) is 3.01. The van der Waals surface area contributed by atoms with Gasteiger partial charge in [-0.1, -0.05) is 13.8 Å². The predicted octanol–water partition coefficient (Wildman–Crippen LogP) is 2.62. The van der Waals surface area contributed by atoms with Gasteiger partial charge in [0, 0.05) is 37.2 Å². The second kappa shape index (κ2) is 4.15. The molecule has 0 spiro atoms. The van der Waals surface area contributed by atoms with Gasteiger partial charge in [0.15, 0.2) is 0 Å². The van der Waals surface area contributed by atoms with Gasteiger partial charge in [-0.15, -0.1) is 0 Å². The van der Waals surface area contributed by atoms with Crippen molar-refractivity contribution in [2.75, 3.05) is 26.2 Å². The largest absolute Gasteiger partial charge is 0.302 e.